The SMILES string of the molecule is c1ccc([PH]2(c3ccccc3)OO2)cc1. The van der Waals surface area contributed by atoms with Gasteiger partial charge in [-0.3, -0.25) is 0 Å². The molecular weight excluding hydrogens is 207 g/mol. The van der Waals surface area contributed by atoms with Gasteiger partial charge >= 0.3 is 88.3 Å². The Morgan fingerprint density at radius 2 is 1.00 bits per heavy atom. The van der Waals surface area contributed by atoms with Gasteiger partial charge in [-0.1, -0.05) is 0 Å². The van der Waals surface area contributed by atoms with E-state index in [4.69, 9.17) is 9.35 Å². The van der Waals surface area contributed by atoms with Gasteiger partial charge in [-0.25, -0.2) is 0 Å². The van der Waals surface area contributed by atoms with Crippen molar-refractivity contribution in [1.82, 2.24) is 0 Å². The molecule has 1 heterocycles. The molecule has 76 valence electrons. The number of hydrogen-bond acceptors (Lipinski definition) is 2. The van der Waals surface area contributed by atoms with E-state index in [9.17, 15) is 0 Å². The Labute approximate surface area is 88.9 Å². The molecule has 1 fully saturated rings. The van der Waals surface area contributed by atoms with Crippen LogP contribution >= 0.6 is 7.72 Å². The predicted octanol–water partition coefficient (Wildman–Crippen LogP) is 2.18. The first kappa shape index (κ1) is 9.05. The van der Waals surface area contributed by atoms with Gasteiger partial charge in [0.2, 0.25) is 0 Å². The molecule has 1 aliphatic heterocycles. The third-order valence-electron chi connectivity index (χ3n) is 2.56. The van der Waals surface area contributed by atoms with Crippen molar-refractivity contribution in [2.45, 2.75) is 0 Å². The summed E-state index contributed by atoms with van der Waals surface area (Å²) in [7, 11) is -2.21. The first-order valence-electron chi connectivity index (χ1n) is 4.90. The molecule has 0 bridgehead atoms. The molecule has 0 amide bonds. The zero-order valence-corrected chi connectivity index (χ0v) is 9.09. The van der Waals surface area contributed by atoms with Crippen LogP contribution in [-0.2, 0) is 9.35 Å². The van der Waals surface area contributed by atoms with Crippen molar-refractivity contribution in [2.24, 2.45) is 0 Å². The van der Waals surface area contributed by atoms with Gasteiger partial charge < -0.3 is 0 Å². The van der Waals surface area contributed by atoms with Crippen LogP contribution in [0.1, 0.15) is 0 Å². The summed E-state index contributed by atoms with van der Waals surface area (Å²) in [5, 5.41) is 2.33. The summed E-state index contributed by atoms with van der Waals surface area (Å²) in [6.07, 6.45) is 0. The van der Waals surface area contributed by atoms with Gasteiger partial charge in [0.05, 0.1) is 0 Å². The van der Waals surface area contributed by atoms with Crippen molar-refractivity contribution in [3.63, 3.8) is 0 Å². The summed E-state index contributed by atoms with van der Waals surface area (Å²) in [5.74, 6) is 0. The Morgan fingerprint density at radius 1 is 0.600 bits per heavy atom. The first-order chi connectivity index (χ1) is 7.42. The van der Waals surface area contributed by atoms with Gasteiger partial charge in [-0.2, -0.15) is 0 Å². The van der Waals surface area contributed by atoms with Crippen LogP contribution in [0, 0.1) is 0 Å². The van der Waals surface area contributed by atoms with E-state index in [1.54, 1.807) is 0 Å². The van der Waals surface area contributed by atoms with Gasteiger partial charge in [0.15, 0.2) is 0 Å². The van der Waals surface area contributed by atoms with Crippen molar-refractivity contribution in [2.75, 3.05) is 0 Å². The Hall–Kier alpha value is -1.21. The minimum atomic E-state index is -2.21. The fourth-order valence-electron chi connectivity index (χ4n) is 1.72. The normalized spacial score (nSPS) is 19.5. The monoisotopic (exact) mass is 218 g/mol. The molecule has 0 aliphatic carbocycles. The van der Waals surface area contributed by atoms with Crippen LogP contribution in [0.25, 0.3) is 0 Å². The number of benzene rings is 2. The second kappa shape index (κ2) is 3.42. The molecule has 1 saturated heterocycles. The average Bonchev–Trinajstić information content (AvgIpc) is 3.13. The maximum atomic E-state index is 5.31. The van der Waals surface area contributed by atoms with Gasteiger partial charge in [0, 0.05) is 0 Å². The molecule has 1 aliphatic rings. The van der Waals surface area contributed by atoms with Crippen molar-refractivity contribution < 1.29 is 9.35 Å². The van der Waals surface area contributed by atoms with Crippen LogP contribution in [0.15, 0.2) is 60.7 Å². The van der Waals surface area contributed by atoms with Crippen LogP contribution in [0.2, 0.25) is 0 Å². The van der Waals surface area contributed by atoms with Crippen LogP contribution < -0.4 is 10.6 Å². The van der Waals surface area contributed by atoms with Gasteiger partial charge in [-0.05, 0) is 0 Å². The molecule has 0 radical (unpaired) electrons. The molecular formula is C12H11O2P. The third kappa shape index (κ3) is 1.47. The molecule has 0 atom stereocenters. The third-order valence-corrected chi connectivity index (χ3v) is 5.24. The van der Waals surface area contributed by atoms with E-state index in [1.165, 1.54) is 0 Å². The molecule has 2 nitrogen and oxygen atoms in total. The predicted molar refractivity (Wildman–Crippen MR) is 62.6 cm³/mol. The van der Waals surface area contributed by atoms with Crippen LogP contribution in [0.4, 0.5) is 0 Å². The summed E-state index contributed by atoms with van der Waals surface area (Å²) in [6.45, 7) is 0. The van der Waals surface area contributed by atoms with E-state index in [0.29, 0.717) is 0 Å². The zero-order valence-electron chi connectivity index (χ0n) is 8.09. The molecule has 0 saturated carbocycles. The Bertz CT molecular complexity index is 410. The molecule has 2 aromatic rings. The van der Waals surface area contributed by atoms with Crippen molar-refractivity contribution in [3.05, 3.63) is 60.7 Å². The standard InChI is InChI=1S/C12H11O2P/c1-3-7-11(8-4-1)15(13-14-15)12-9-5-2-6-10-12/h1-10,15H. The summed E-state index contributed by atoms with van der Waals surface area (Å²) in [6, 6.07) is 20.3. The molecule has 2 aromatic carbocycles. The van der Waals surface area contributed by atoms with Crippen molar-refractivity contribution >= 4 is 18.3 Å². The molecule has 0 aromatic heterocycles. The number of rotatable bonds is 2. The van der Waals surface area contributed by atoms with Crippen LogP contribution in [-0.4, -0.2) is 0 Å². The van der Waals surface area contributed by atoms with Gasteiger partial charge in [0.25, 0.3) is 0 Å². The van der Waals surface area contributed by atoms with E-state index in [1.807, 2.05) is 36.4 Å². The van der Waals surface area contributed by atoms with Crippen molar-refractivity contribution in [1.29, 1.82) is 0 Å². The van der Waals surface area contributed by atoms with E-state index < -0.39 is 7.72 Å². The van der Waals surface area contributed by atoms with Crippen LogP contribution in [0.5, 0.6) is 0 Å². The molecule has 0 N–H and O–H groups in total. The second-order valence-corrected chi connectivity index (χ2v) is 6.24. The Morgan fingerprint density at radius 3 is 1.33 bits per heavy atom. The summed E-state index contributed by atoms with van der Waals surface area (Å²) in [4.78, 5) is 0. The van der Waals surface area contributed by atoms with E-state index >= 15 is 0 Å². The maximum absolute atomic E-state index is 5.31. The zero-order chi connectivity index (χ0) is 10.1. The molecule has 15 heavy (non-hydrogen) atoms. The van der Waals surface area contributed by atoms with E-state index in [0.717, 1.165) is 10.6 Å². The molecule has 0 spiro atoms. The summed E-state index contributed by atoms with van der Waals surface area (Å²) in [5.41, 5.74) is 0. The molecule has 3 heteroatoms. The Balaban J connectivity index is 2.06. The molecule has 0 unspecified atom stereocenters. The van der Waals surface area contributed by atoms with E-state index in [-0.39, 0.29) is 0 Å². The fourth-order valence-corrected chi connectivity index (χ4v) is 4.03. The van der Waals surface area contributed by atoms with E-state index in [2.05, 4.69) is 24.3 Å². The topological polar surface area (TPSA) is 25.1 Å². The first-order valence-corrected chi connectivity index (χ1v) is 6.71. The van der Waals surface area contributed by atoms with Gasteiger partial charge in [0.1, 0.15) is 0 Å². The molecule has 3 rings (SSSR count). The fraction of sp³-hybridized carbons (Fsp3) is 0. The quantitative estimate of drug-likeness (QED) is 0.438. The minimum absolute atomic E-state index is 1.16. The van der Waals surface area contributed by atoms with Crippen LogP contribution in [0.3, 0.4) is 0 Å². The van der Waals surface area contributed by atoms with Gasteiger partial charge in [-0.15, -0.1) is 0 Å². The summed E-state index contributed by atoms with van der Waals surface area (Å²) < 4.78 is 10.6. The summed E-state index contributed by atoms with van der Waals surface area (Å²) >= 11 is 0. The Kier molecular flexibility index (Phi) is 2.06. The average molecular weight is 218 g/mol. The van der Waals surface area contributed by atoms with Crippen molar-refractivity contribution in [3.8, 4) is 0 Å². The second-order valence-electron chi connectivity index (χ2n) is 3.52. The number of hydrogen-bond donors (Lipinski definition) is 0.